The van der Waals surface area contributed by atoms with Gasteiger partial charge in [-0.15, -0.1) is 11.3 Å². The zero-order chi connectivity index (χ0) is 11.5. The van der Waals surface area contributed by atoms with Crippen LogP contribution in [0.3, 0.4) is 0 Å². The van der Waals surface area contributed by atoms with Crippen molar-refractivity contribution in [3.05, 3.63) is 57.6 Å². The summed E-state index contributed by atoms with van der Waals surface area (Å²) in [6.45, 7) is 5.67. The van der Waals surface area contributed by atoms with Crippen LogP contribution in [0.2, 0.25) is 0 Å². The Morgan fingerprint density at radius 1 is 1.31 bits per heavy atom. The highest BCUT2D eigenvalue weighted by molar-refractivity contribution is 7.19. The Hall–Kier alpha value is -1.67. The Kier molecular flexibility index (Phi) is 3.02. The second kappa shape index (κ2) is 4.45. The van der Waals surface area contributed by atoms with Crippen molar-refractivity contribution in [3.63, 3.8) is 0 Å². The molecule has 0 aliphatic rings. The summed E-state index contributed by atoms with van der Waals surface area (Å²) < 4.78 is 1.01. The lowest BCUT2D eigenvalue weighted by atomic mass is 10.1. The van der Waals surface area contributed by atoms with Gasteiger partial charge in [-0.3, -0.25) is 4.79 Å². The third-order valence-corrected chi connectivity index (χ3v) is 3.56. The molecular formula is C14H12OS. The molecule has 2 heteroatoms. The van der Waals surface area contributed by atoms with Gasteiger partial charge in [-0.05, 0) is 19.1 Å². The van der Waals surface area contributed by atoms with Crippen LogP contribution in [0, 0.1) is 0 Å². The van der Waals surface area contributed by atoms with E-state index in [1.807, 2.05) is 43.3 Å². The van der Waals surface area contributed by atoms with Gasteiger partial charge in [0.25, 0.3) is 0 Å². The molecule has 0 N–H and O–H groups in total. The first kappa shape index (κ1) is 10.8. The van der Waals surface area contributed by atoms with Crippen molar-refractivity contribution in [2.24, 2.45) is 0 Å². The van der Waals surface area contributed by atoms with E-state index in [1.54, 1.807) is 17.4 Å². The van der Waals surface area contributed by atoms with Gasteiger partial charge in [-0.2, -0.15) is 0 Å². The molecule has 1 aromatic heterocycles. The maximum atomic E-state index is 12.2. The summed E-state index contributed by atoms with van der Waals surface area (Å²) >= 11 is 1.60. The summed E-state index contributed by atoms with van der Waals surface area (Å²) in [5.74, 6) is 0. The number of allylic oxidation sites excluding steroid dienone is 1. The molecule has 0 radical (unpaired) electrons. The van der Waals surface area contributed by atoms with Gasteiger partial charge < -0.3 is 0 Å². The van der Waals surface area contributed by atoms with Crippen molar-refractivity contribution >= 4 is 33.6 Å². The molecule has 0 aliphatic heterocycles. The lowest BCUT2D eigenvalue weighted by Crippen LogP contribution is -2.05. The van der Waals surface area contributed by atoms with Gasteiger partial charge in [0.15, 0.2) is 5.43 Å². The maximum absolute atomic E-state index is 12.2. The Morgan fingerprint density at radius 2 is 2.06 bits per heavy atom. The summed E-state index contributed by atoms with van der Waals surface area (Å²) in [5, 5.41) is 0.784. The molecule has 80 valence electrons. The van der Waals surface area contributed by atoms with Gasteiger partial charge in [0.1, 0.15) is 0 Å². The highest BCUT2D eigenvalue weighted by Gasteiger charge is 2.07. The van der Waals surface area contributed by atoms with E-state index < -0.39 is 0 Å². The molecule has 1 nitrogen and oxygen atoms in total. The Balaban J connectivity index is 2.93. The average molecular weight is 228 g/mol. The third kappa shape index (κ3) is 1.72. The first-order valence-electron chi connectivity index (χ1n) is 5.09. The highest BCUT2D eigenvalue weighted by Crippen LogP contribution is 2.23. The van der Waals surface area contributed by atoms with Crippen LogP contribution in [-0.4, -0.2) is 0 Å². The Labute approximate surface area is 98.4 Å². The maximum Gasteiger partial charge on any atom is 0.195 e. The van der Waals surface area contributed by atoms with E-state index in [9.17, 15) is 4.79 Å². The van der Waals surface area contributed by atoms with Crippen molar-refractivity contribution in [1.82, 2.24) is 0 Å². The van der Waals surface area contributed by atoms with E-state index in [0.717, 1.165) is 20.5 Å². The molecule has 0 atom stereocenters. The molecule has 2 rings (SSSR count). The molecule has 0 unspecified atom stereocenters. The van der Waals surface area contributed by atoms with Crippen LogP contribution in [0.25, 0.3) is 22.2 Å². The monoisotopic (exact) mass is 228 g/mol. The zero-order valence-corrected chi connectivity index (χ0v) is 9.88. The molecule has 0 aliphatic carbocycles. The Bertz CT molecular complexity index is 620. The fourth-order valence-electron chi connectivity index (χ4n) is 1.65. The van der Waals surface area contributed by atoms with Gasteiger partial charge in [-0.1, -0.05) is 36.9 Å². The number of fused-ring (bicyclic) bond motifs is 1. The molecule has 0 spiro atoms. The number of rotatable bonds is 2. The van der Waals surface area contributed by atoms with Crippen molar-refractivity contribution in [2.75, 3.05) is 0 Å². The minimum atomic E-state index is 0.0855. The molecule has 1 aromatic carbocycles. The van der Waals surface area contributed by atoms with Crippen LogP contribution < -0.4 is 5.43 Å². The van der Waals surface area contributed by atoms with E-state index in [-0.39, 0.29) is 5.43 Å². The molecule has 1 heterocycles. The predicted molar refractivity (Wildman–Crippen MR) is 72.9 cm³/mol. The summed E-state index contributed by atoms with van der Waals surface area (Å²) in [6, 6.07) is 7.67. The summed E-state index contributed by atoms with van der Waals surface area (Å²) in [5.41, 5.74) is 0.823. The normalized spacial score (nSPS) is 11.1. The molecule has 0 amide bonds. The van der Waals surface area contributed by atoms with Gasteiger partial charge in [-0.25, -0.2) is 0 Å². The second-order valence-corrected chi connectivity index (χ2v) is 4.49. The van der Waals surface area contributed by atoms with Crippen LogP contribution in [0.4, 0.5) is 0 Å². The predicted octanol–water partition coefficient (Wildman–Crippen LogP) is 3.94. The van der Waals surface area contributed by atoms with Gasteiger partial charge in [0.2, 0.25) is 0 Å². The minimum Gasteiger partial charge on any atom is -0.289 e. The standard InChI is InChI=1S/C14H12OS/c1-3-7-10-12(4-2)16-13-9-6-5-8-11(13)14(10)15/h3-9H,2H2,1H3/b7-3-. The van der Waals surface area contributed by atoms with Gasteiger partial charge >= 0.3 is 0 Å². The fraction of sp³-hybridized carbons (Fsp3) is 0.0714. The summed E-state index contributed by atoms with van der Waals surface area (Å²) in [4.78, 5) is 13.1. The zero-order valence-electron chi connectivity index (χ0n) is 9.07. The van der Waals surface area contributed by atoms with Crippen molar-refractivity contribution in [3.8, 4) is 0 Å². The molecular weight excluding hydrogens is 216 g/mol. The first-order chi connectivity index (χ1) is 7.77. The molecule has 16 heavy (non-hydrogen) atoms. The SMILES string of the molecule is C=Cc1sc2ccccc2c(=O)c1/C=C\C. The van der Waals surface area contributed by atoms with Gasteiger partial charge in [0.05, 0.1) is 0 Å². The quantitative estimate of drug-likeness (QED) is 0.761. The number of hydrogen-bond acceptors (Lipinski definition) is 2. The molecule has 0 saturated carbocycles. The first-order valence-corrected chi connectivity index (χ1v) is 5.90. The van der Waals surface area contributed by atoms with Crippen LogP contribution in [0.15, 0.2) is 41.7 Å². The minimum absolute atomic E-state index is 0.0855. The lowest BCUT2D eigenvalue weighted by Gasteiger charge is -2.02. The van der Waals surface area contributed by atoms with E-state index in [1.165, 1.54) is 0 Å². The largest absolute Gasteiger partial charge is 0.289 e. The number of benzene rings is 1. The van der Waals surface area contributed by atoms with E-state index in [2.05, 4.69) is 6.58 Å². The topological polar surface area (TPSA) is 17.1 Å². The van der Waals surface area contributed by atoms with Crippen LogP contribution in [0.5, 0.6) is 0 Å². The highest BCUT2D eigenvalue weighted by atomic mass is 32.1. The van der Waals surface area contributed by atoms with Gasteiger partial charge in [0, 0.05) is 20.5 Å². The van der Waals surface area contributed by atoms with Crippen molar-refractivity contribution < 1.29 is 0 Å². The van der Waals surface area contributed by atoms with Crippen LogP contribution in [-0.2, 0) is 0 Å². The van der Waals surface area contributed by atoms with Crippen LogP contribution >= 0.6 is 11.3 Å². The lowest BCUT2D eigenvalue weighted by molar-refractivity contribution is 1.63. The smallest absolute Gasteiger partial charge is 0.195 e. The molecule has 0 bridgehead atoms. The van der Waals surface area contributed by atoms with E-state index in [0.29, 0.717) is 0 Å². The third-order valence-electron chi connectivity index (χ3n) is 2.38. The second-order valence-electron chi connectivity index (χ2n) is 3.41. The summed E-state index contributed by atoms with van der Waals surface area (Å²) in [7, 11) is 0. The van der Waals surface area contributed by atoms with E-state index in [4.69, 9.17) is 0 Å². The van der Waals surface area contributed by atoms with Crippen molar-refractivity contribution in [1.29, 1.82) is 0 Å². The van der Waals surface area contributed by atoms with Crippen LogP contribution in [0.1, 0.15) is 17.4 Å². The van der Waals surface area contributed by atoms with E-state index >= 15 is 0 Å². The average Bonchev–Trinajstić information content (AvgIpc) is 2.33. The number of hydrogen-bond donors (Lipinski definition) is 0. The molecule has 0 fully saturated rings. The Morgan fingerprint density at radius 3 is 2.75 bits per heavy atom. The summed E-state index contributed by atoms with van der Waals surface area (Å²) in [6.07, 6.45) is 5.47. The molecule has 0 saturated heterocycles. The molecule has 2 aromatic rings. The van der Waals surface area contributed by atoms with Crippen molar-refractivity contribution in [2.45, 2.75) is 6.92 Å². The fourth-order valence-corrected chi connectivity index (χ4v) is 2.66.